The molecule has 0 aromatic rings. The molecule has 0 spiro atoms. The molecule has 6 N–H and O–H groups in total. The van der Waals surface area contributed by atoms with Crippen molar-refractivity contribution in [1.82, 2.24) is 0 Å². The van der Waals surface area contributed by atoms with E-state index in [2.05, 4.69) is 0 Å². The Kier molecular flexibility index (Phi) is 12.0. The smallest absolute Gasteiger partial charge is 0.160 e. The summed E-state index contributed by atoms with van der Waals surface area (Å²) in [6.45, 7) is 3.13. The van der Waals surface area contributed by atoms with Gasteiger partial charge in [0.05, 0.1) is 38.1 Å². The highest BCUT2D eigenvalue weighted by Gasteiger charge is 2.36. The zero-order valence-corrected chi connectivity index (χ0v) is 13.2. The van der Waals surface area contributed by atoms with Gasteiger partial charge in [-0.1, -0.05) is 13.8 Å². The van der Waals surface area contributed by atoms with E-state index < -0.39 is 43.4 Å². The van der Waals surface area contributed by atoms with Crippen molar-refractivity contribution in [3.8, 4) is 0 Å². The standard InChI is InChI=1S/C12H24O8.C2H6/c13-4-7(15)1-2-8(16)6-19-11-3-9(17)12(18)10(5-14)20-11;1-2/h7-18H,1-6H2;1-2H3/t7-,8-,9+,10+,11-,12-;/m0./s1. The van der Waals surface area contributed by atoms with E-state index in [9.17, 15) is 15.3 Å². The molecule has 0 aliphatic carbocycles. The molecule has 1 saturated heterocycles. The van der Waals surface area contributed by atoms with Crippen LogP contribution in [0.1, 0.15) is 33.1 Å². The molecule has 0 saturated carbocycles. The van der Waals surface area contributed by atoms with Gasteiger partial charge in [-0.15, -0.1) is 0 Å². The van der Waals surface area contributed by atoms with Crippen LogP contribution in [0.2, 0.25) is 0 Å². The van der Waals surface area contributed by atoms with Crippen LogP contribution in [0.15, 0.2) is 0 Å². The van der Waals surface area contributed by atoms with Crippen LogP contribution in [0.25, 0.3) is 0 Å². The van der Waals surface area contributed by atoms with Gasteiger partial charge in [-0.25, -0.2) is 0 Å². The summed E-state index contributed by atoms with van der Waals surface area (Å²) >= 11 is 0. The Hall–Kier alpha value is -0.320. The molecule has 1 heterocycles. The normalized spacial score (nSPS) is 31.1. The summed E-state index contributed by atoms with van der Waals surface area (Å²) in [6.07, 6.45) is -5.12. The quantitative estimate of drug-likeness (QED) is 0.312. The van der Waals surface area contributed by atoms with Crippen molar-refractivity contribution in [2.45, 2.75) is 69.9 Å². The fourth-order valence-corrected chi connectivity index (χ4v) is 1.95. The van der Waals surface area contributed by atoms with Crippen LogP contribution < -0.4 is 0 Å². The molecule has 0 amide bonds. The van der Waals surface area contributed by atoms with Crippen molar-refractivity contribution in [1.29, 1.82) is 0 Å². The van der Waals surface area contributed by atoms with Crippen LogP contribution in [0.3, 0.4) is 0 Å². The van der Waals surface area contributed by atoms with E-state index in [0.717, 1.165) is 0 Å². The zero-order valence-electron chi connectivity index (χ0n) is 13.2. The van der Waals surface area contributed by atoms with Gasteiger partial charge in [-0.3, -0.25) is 0 Å². The first-order chi connectivity index (χ1) is 10.5. The monoisotopic (exact) mass is 326 g/mol. The number of hydrogen-bond donors (Lipinski definition) is 6. The maximum atomic E-state index is 9.63. The van der Waals surface area contributed by atoms with Crippen molar-refractivity contribution in [2.24, 2.45) is 0 Å². The molecule has 6 atom stereocenters. The fourth-order valence-electron chi connectivity index (χ4n) is 1.95. The summed E-state index contributed by atoms with van der Waals surface area (Å²) in [7, 11) is 0. The third kappa shape index (κ3) is 7.80. The molecule has 1 aliphatic rings. The van der Waals surface area contributed by atoms with Gasteiger partial charge in [0.25, 0.3) is 0 Å². The zero-order chi connectivity index (χ0) is 17.1. The predicted molar refractivity (Wildman–Crippen MR) is 78.0 cm³/mol. The molecule has 1 aliphatic heterocycles. The maximum Gasteiger partial charge on any atom is 0.160 e. The van der Waals surface area contributed by atoms with Gasteiger partial charge in [0.1, 0.15) is 12.2 Å². The SMILES string of the molecule is CC.OC[C@@H](O)CC[C@H](O)CO[C@@H]1C[C@@H](O)[C@H](O)[C@@H](CO)O1. The van der Waals surface area contributed by atoms with E-state index in [1.54, 1.807) is 0 Å². The Morgan fingerprint density at radius 3 is 2.23 bits per heavy atom. The number of aliphatic hydroxyl groups is 6. The number of ether oxygens (including phenoxy) is 2. The maximum absolute atomic E-state index is 9.63. The molecule has 8 nitrogen and oxygen atoms in total. The second-order valence-electron chi connectivity index (χ2n) is 4.98. The highest BCUT2D eigenvalue weighted by atomic mass is 16.7. The van der Waals surface area contributed by atoms with Gasteiger partial charge in [0.2, 0.25) is 0 Å². The lowest BCUT2D eigenvalue weighted by Crippen LogP contribution is -2.50. The predicted octanol–water partition coefficient (Wildman–Crippen LogP) is -1.65. The summed E-state index contributed by atoms with van der Waals surface area (Å²) in [5.74, 6) is 0. The first-order valence-electron chi connectivity index (χ1n) is 7.69. The minimum Gasteiger partial charge on any atom is -0.394 e. The molecular formula is C14H30O8. The third-order valence-corrected chi connectivity index (χ3v) is 3.23. The van der Waals surface area contributed by atoms with Gasteiger partial charge >= 0.3 is 0 Å². The average molecular weight is 326 g/mol. The Balaban J connectivity index is 0.00000211. The molecule has 8 heteroatoms. The van der Waals surface area contributed by atoms with Crippen molar-refractivity contribution >= 4 is 0 Å². The molecule has 0 bridgehead atoms. The highest BCUT2D eigenvalue weighted by molar-refractivity contribution is 4.82. The Morgan fingerprint density at radius 2 is 1.68 bits per heavy atom. The van der Waals surface area contributed by atoms with Crippen LogP contribution in [-0.4, -0.2) is 87.3 Å². The number of hydrogen-bond acceptors (Lipinski definition) is 8. The first kappa shape index (κ1) is 21.7. The summed E-state index contributed by atoms with van der Waals surface area (Å²) < 4.78 is 10.5. The average Bonchev–Trinajstić information content (AvgIpc) is 2.55. The molecule has 0 aromatic heterocycles. The second kappa shape index (κ2) is 12.1. The van der Waals surface area contributed by atoms with Gasteiger partial charge < -0.3 is 40.1 Å². The summed E-state index contributed by atoms with van der Waals surface area (Å²) in [4.78, 5) is 0. The van der Waals surface area contributed by atoms with Crippen molar-refractivity contribution in [2.75, 3.05) is 19.8 Å². The Morgan fingerprint density at radius 1 is 1.09 bits per heavy atom. The second-order valence-corrected chi connectivity index (χ2v) is 4.98. The minimum atomic E-state index is -1.16. The van der Waals surface area contributed by atoms with E-state index in [1.807, 2.05) is 13.8 Å². The summed E-state index contributed by atoms with van der Waals surface area (Å²) in [6, 6.07) is 0. The lowest BCUT2D eigenvalue weighted by molar-refractivity contribution is -0.261. The summed E-state index contributed by atoms with van der Waals surface area (Å²) in [5, 5.41) is 55.5. The molecule has 0 radical (unpaired) electrons. The van der Waals surface area contributed by atoms with E-state index in [0.29, 0.717) is 0 Å². The number of rotatable bonds is 8. The summed E-state index contributed by atoms with van der Waals surface area (Å²) in [5.41, 5.74) is 0. The largest absolute Gasteiger partial charge is 0.394 e. The lowest BCUT2D eigenvalue weighted by Gasteiger charge is -2.36. The van der Waals surface area contributed by atoms with E-state index in [4.69, 9.17) is 24.8 Å². The molecule has 0 unspecified atom stereocenters. The van der Waals surface area contributed by atoms with Crippen LogP contribution in [0, 0.1) is 0 Å². The molecule has 1 rings (SSSR count). The molecule has 22 heavy (non-hydrogen) atoms. The molecular weight excluding hydrogens is 296 g/mol. The third-order valence-electron chi connectivity index (χ3n) is 3.23. The highest BCUT2D eigenvalue weighted by Crippen LogP contribution is 2.21. The first-order valence-corrected chi connectivity index (χ1v) is 7.69. The van der Waals surface area contributed by atoms with Crippen molar-refractivity contribution in [3.63, 3.8) is 0 Å². The van der Waals surface area contributed by atoms with Crippen molar-refractivity contribution in [3.05, 3.63) is 0 Å². The minimum absolute atomic E-state index is 0.0453. The van der Waals surface area contributed by atoms with Crippen molar-refractivity contribution < 1.29 is 40.1 Å². The molecule has 0 aromatic carbocycles. The Labute approximate surface area is 130 Å². The van der Waals surface area contributed by atoms with Gasteiger partial charge in [0.15, 0.2) is 6.29 Å². The van der Waals surface area contributed by atoms with Gasteiger partial charge in [-0.05, 0) is 12.8 Å². The Bertz CT molecular complexity index is 265. The van der Waals surface area contributed by atoms with E-state index >= 15 is 0 Å². The van der Waals surface area contributed by atoms with E-state index in [-0.39, 0.29) is 32.5 Å². The van der Waals surface area contributed by atoms with E-state index in [1.165, 1.54) is 0 Å². The molecule has 1 fully saturated rings. The lowest BCUT2D eigenvalue weighted by atomic mass is 10.0. The van der Waals surface area contributed by atoms with Gasteiger partial charge in [0, 0.05) is 6.42 Å². The van der Waals surface area contributed by atoms with Crippen LogP contribution in [0.4, 0.5) is 0 Å². The number of aliphatic hydroxyl groups excluding tert-OH is 6. The molecule has 134 valence electrons. The topological polar surface area (TPSA) is 140 Å². The van der Waals surface area contributed by atoms with Crippen LogP contribution in [-0.2, 0) is 9.47 Å². The fraction of sp³-hybridized carbons (Fsp3) is 1.00. The van der Waals surface area contributed by atoms with Crippen LogP contribution in [0.5, 0.6) is 0 Å². The van der Waals surface area contributed by atoms with Crippen LogP contribution >= 0.6 is 0 Å². The van der Waals surface area contributed by atoms with Gasteiger partial charge in [-0.2, -0.15) is 0 Å².